The first-order chi connectivity index (χ1) is 8.47. The Kier molecular flexibility index (Phi) is 4.04. The van der Waals surface area contributed by atoms with E-state index in [-0.39, 0.29) is 4.90 Å². The van der Waals surface area contributed by atoms with Crippen LogP contribution in [0, 0.1) is 0 Å². The Hall–Kier alpha value is -0.920. The van der Waals surface area contributed by atoms with E-state index >= 15 is 0 Å². The molecule has 1 N–H and O–H groups in total. The molecule has 2 aromatic rings. The fourth-order valence-electron chi connectivity index (χ4n) is 1.26. The van der Waals surface area contributed by atoms with E-state index in [2.05, 4.69) is 41.6 Å². The lowest BCUT2D eigenvalue weighted by molar-refractivity contribution is 0.601. The summed E-state index contributed by atoms with van der Waals surface area (Å²) in [4.78, 5) is 4.16. The minimum Gasteiger partial charge on any atom is -0.278 e. The second kappa shape index (κ2) is 5.38. The van der Waals surface area contributed by atoms with Gasteiger partial charge in [0.15, 0.2) is 0 Å². The molecule has 0 atom stereocenters. The van der Waals surface area contributed by atoms with E-state index in [9.17, 15) is 8.42 Å². The zero-order valence-corrected chi connectivity index (χ0v) is 13.0. The van der Waals surface area contributed by atoms with Crippen LogP contribution in [-0.2, 0) is 10.0 Å². The number of hydrogen-bond donors (Lipinski definition) is 1. The minimum absolute atomic E-state index is 0.202. The molecule has 18 heavy (non-hydrogen) atoms. The Balaban J connectivity index is 2.27. The molecular weight excluding hydrogens is 384 g/mol. The second-order valence-corrected chi connectivity index (χ2v) is 6.84. The third kappa shape index (κ3) is 3.30. The monoisotopic (exact) mass is 390 g/mol. The fourth-order valence-corrected chi connectivity index (χ4v) is 2.81. The smallest absolute Gasteiger partial charge is 0.261 e. The van der Waals surface area contributed by atoms with E-state index in [1.165, 1.54) is 18.3 Å². The normalized spacial score (nSPS) is 11.2. The standard InChI is InChI=1S/C11H8Br2N2O2S/c12-8-1-4-10(5-2-8)18(16,17)15-9-3-6-11(13)14-7-9/h1-7,15H. The molecule has 0 aliphatic rings. The van der Waals surface area contributed by atoms with Gasteiger partial charge in [-0.3, -0.25) is 4.72 Å². The molecular formula is C11H8Br2N2O2S. The van der Waals surface area contributed by atoms with Gasteiger partial charge in [-0.05, 0) is 52.3 Å². The summed E-state index contributed by atoms with van der Waals surface area (Å²) in [5.41, 5.74) is 0.418. The van der Waals surface area contributed by atoms with Gasteiger partial charge in [-0.15, -0.1) is 0 Å². The molecule has 4 nitrogen and oxygen atoms in total. The Morgan fingerprint density at radius 3 is 2.22 bits per heavy atom. The second-order valence-electron chi connectivity index (χ2n) is 3.43. The number of nitrogens with one attached hydrogen (secondary N) is 1. The Morgan fingerprint density at radius 2 is 1.67 bits per heavy atom. The maximum atomic E-state index is 12.0. The Morgan fingerprint density at radius 1 is 1.00 bits per heavy atom. The average molecular weight is 392 g/mol. The van der Waals surface area contributed by atoms with Gasteiger partial charge in [0.2, 0.25) is 0 Å². The van der Waals surface area contributed by atoms with Crippen molar-refractivity contribution >= 4 is 47.6 Å². The number of hydrogen-bond acceptors (Lipinski definition) is 3. The molecule has 0 aliphatic carbocycles. The number of nitrogens with zero attached hydrogens (tertiary/aromatic N) is 1. The van der Waals surface area contributed by atoms with Gasteiger partial charge in [-0.1, -0.05) is 15.9 Å². The maximum Gasteiger partial charge on any atom is 0.261 e. The number of aromatic nitrogens is 1. The van der Waals surface area contributed by atoms with Crippen LogP contribution < -0.4 is 4.72 Å². The highest BCUT2D eigenvalue weighted by atomic mass is 79.9. The van der Waals surface area contributed by atoms with E-state index < -0.39 is 10.0 Å². The van der Waals surface area contributed by atoms with E-state index in [0.717, 1.165) is 4.47 Å². The summed E-state index contributed by atoms with van der Waals surface area (Å²) in [5, 5.41) is 0. The number of benzene rings is 1. The van der Waals surface area contributed by atoms with Gasteiger partial charge in [0, 0.05) is 4.47 Å². The van der Waals surface area contributed by atoms with Crippen molar-refractivity contribution in [2.24, 2.45) is 0 Å². The third-order valence-corrected chi connectivity index (χ3v) is 4.50. The number of rotatable bonds is 3. The van der Waals surface area contributed by atoms with Gasteiger partial charge < -0.3 is 0 Å². The van der Waals surface area contributed by atoms with Crippen LogP contribution in [-0.4, -0.2) is 13.4 Å². The van der Waals surface area contributed by atoms with Crippen molar-refractivity contribution in [2.45, 2.75) is 4.90 Å². The van der Waals surface area contributed by atoms with Gasteiger partial charge in [0.05, 0.1) is 16.8 Å². The van der Waals surface area contributed by atoms with E-state index in [0.29, 0.717) is 10.3 Å². The molecule has 0 bridgehead atoms. The van der Waals surface area contributed by atoms with Crippen molar-refractivity contribution < 1.29 is 8.42 Å². The predicted octanol–water partition coefficient (Wildman–Crippen LogP) is 3.41. The van der Waals surface area contributed by atoms with Crippen molar-refractivity contribution in [1.29, 1.82) is 0 Å². The predicted molar refractivity (Wildman–Crippen MR) is 76.9 cm³/mol. The summed E-state index contributed by atoms with van der Waals surface area (Å²) >= 11 is 6.44. The van der Waals surface area contributed by atoms with Crippen LogP contribution in [0.4, 0.5) is 5.69 Å². The van der Waals surface area contributed by atoms with Crippen molar-refractivity contribution in [3.63, 3.8) is 0 Å². The van der Waals surface area contributed by atoms with Crippen LogP contribution >= 0.6 is 31.9 Å². The first kappa shape index (κ1) is 13.5. The fraction of sp³-hybridized carbons (Fsp3) is 0. The molecule has 0 saturated heterocycles. The quantitative estimate of drug-likeness (QED) is 0.815. The van der Waals surface area contributed by atoms with Crippen LogP contribution in [0.5, 0.6) is 0 Å². The molecule has 1 heterocycles. The third-order valence-electron chi connectivity index (χ3n) is 2.10. The van der Waals surface area contributed by atoms with Gasteiger partial charge in [0.1, 0.15) is 4.60 Å². The summed E-state index contributed by atoms with van der Waals surface area (Å²) in [5.74, 6) is 0. The van der Waals surface area contributed by atoms with E-state index in [1.54, 1.807) is 24.3 Å². The minimum atomic E-state index is -3.57. The molecule has 7 heteroatoms. The molecule has 0 aliphatic heterocycles. The molecule has 0 unspecified atom stereocenters. The van der Waals surface area contributed by atoms with Crippen molar-refractivity contribution in [1.82, 2.24) is 4.98 Å². The van der Waals surface area contributed by atoms with Gasteiger partial charge in [-0.25, -0.2) is 13.4 Å². The molecule has 0 amide bonds. The molecule has 2 rings (SSSR count). The highest BCUT2D eigenvalue weighted by Crippen LogP contribution is 2.18. The highest BCUT2D eigenvalue weighted by molar-refractivity contribution is 9.10. The molecule has 1 aromatic carbocycles. The number of halogens is 2. The largest absolute Gasteiger partial charge is 0.278 e. The van der Waals surface area contributed by atoms with Crippen LogP contribution in [0.3, 0.4) is 0 Å². The molecule has 0 saturated carbocycles. The lowest BCUT2D eigenvalue weighted by atomic mass is 10.4. The first-order valence-corrected chi connectivity index (χ1v) is 7.94. The van der Waals surface area contributed by atoms with Crippen LogP contribution in [0.1, 0.15) is 0 Å². The average Bonchev–Trinajstić information content (AvgIpc) is 2.32. The SMILES string of the molecule is O=S(=O)(Nc1ccc(Br)nc1)c1ccc(Br)cc1. The lowest BCUT2D eigenvalue weighted by Crippen LogP contribution is -2.12. The molecule has 0 spiro atoms. The summed E-state index contributed by atoms with van der Waals surface area (Å²) in [7, 11) is -3.57. The van der Waals surface area contributed by atoms with Gasteiger partial charge >= 0.3 is 0 Å². The Bertz CT molecular complexity index is 640. The summed E-state index contributed by atoms with van der Waals surface area (Å²) in [6.07, 6.45) is 1.44. The zero-order valence-electron chi connectivity index (χ0n) is 8.97. The maximum absolute atomic E-state index is 12.0. The number of pyridine rings is 1. The topological polar surface area (TPSA) is 59.1 Å². The molecule has 0 fully saturated rings. The summed E-state index contributed by atoms with van der Waals surface area (Å²) < 4.78 is 28.0. The highest BCUT2D eigenvalue weighted by Gasteiger charge is 2.13. The molecule has 1 aromatic heterocycles. The summed E-state index contributed by atoms with van der Waals surface area (Å²) in [6, 6.07) is 9.70. The first-order valence-electron chi connectivity index (χ1n) is 4.87. The Labute approximate surface area is 122 Å². The van der Waals surface area contributed by atoms with Crippen molar-refractivity contribution in [2.75, 3.05) is 4.72 Å². The zero-order chi connectivity index (χ0) is 13.2. The number of sulfonamides is 1. The molecule has 94 valence electrons. The summed E-state index contributed by atoms with van der Waals surface area (Å²) in [6.45, 7) is 0. The van der Waals surface area contributed by atoms with Gasteiger partial charge in [-0.2, -0.15) is 0 Å². The van der Waals surface area contributed by atoms with E-state index in [4.69, 9.17) is 0 Å². The van der Waals surface area contributed by atoms with Crippen LogP contribution in [0.2, 0.25) is 0 Å². The van der Waals surface area contributed by atoms with Crippen molar-refractivity contribution in [3.8, 4) is 0 Å². The van der Waals surface area contributed by atoms with Crippen LogP contribution in [0.15, 0.2) is 56.6 Å². The molecule has 0 radical (unpaired) electrons. The van der Waals surface area contributed by atoms with Crippen molar-refractivity contribution in [3.05, 3.63) is 51.7 Å². The van der Waals surface area contributed by atoms with E-state index in [1.807, 2.05) is 0 Å². The van der Waals surface area contributed by atoms with Gasteiger partial charge in [0.25, 0.3) is 10.0 Å². The lowest BCUT2D eigenvalue weighted by Gasteiger charge is -2.07. The van der Waals surface area contributed by atoms with Crippen LogP contribution in [0.25, 0.3) is 0 Å². The number of anilines is 1.